The molecule has 110 valence electrons. The summed E-state index contributed by atoms with van der Waals surface area (Å²) < 4.78 is 26.7. The molecule has 1 N–H and O–H groups in total. The van der Waals surface area contributed by atoms with Crippen molar-refractivity contribution in [1.29, 1.82) is 0 Å². The molecule has 0 unspecified atom stereocenters. The second-order valence-electron chi connectivity index (χ2n) is 4.74. The first-order valence-electron chi connectivity index (χ1n) is 6.90. The third kappa shape index (κ3) is 5.51. The average Bonchev–Trinajstić information content (AvgIpc) is 2.37. The molecule has 0 spiro atoms. The molecule has 2 nitrogen and oxygen atoms in total. The van der Waals surface area contributed by atoms with Crippen molar-refractivity contribution in [2.24, 2.45) is 0 Å². The largest absolute Gasteiger partial charge is 0.481 e. The molecule has 0 fully saturated rings. The van der Waals surface area contributed by atoms with Gasteiger partial charge in [0.2, 0.25) is 0 Å². The maximum Gasteiger partial charge on any atom is 0.303 e. The van der Waals surface area contributed by atoms with E-state index in [4.69, 9.17) is 5.11 Å². The number of carbonyl (C=O) groups is 1. The Bertz CT molecular complexity index is 481. The van der Waals surface area contributed by atoms with E-state index >= 15 is 0 Å². The van der Waals surface area contributed by atoms with Crippen LogP contribution in [-0.2, 0) is 4.79 Å². The molecule has 0 radical (unpaired) electrons. The standard InChI is InChI=1S/C16H20F2O2/c1-2-6-12(7-4-3-5-8-16(19)20)14-10-9-13(17)11-15(14)18/h7,9-11H,2-6,8H2,1H3,(H,19,20)/b12-7-. The first-order chi connectivity index (χ1) is 9.54. The van der Waals surface area contributed by atoms with Crippen LogP contribution in [0, 0.1) is 11.6 Å². The van der Waals surface area contributed by atoms with E-state index in [9.17, 15) is 13.6 Å². The van der Waals surface area contributed by atoms with Crippen molar-refractivity contribution >= 4 is 11.5 Å². The first kappa shape index (κ1) is 16.3. The summed E-state index contributed by atoms with van der Waals surface area (Å²) in [5.41, 5.74) is 1.30. The van der Waals surface area contributed by atoms with Gasteiger partial charge in [-0.05, 0) is 43.4 Å². The summed E-state index contributed by atoms with van der Waals surface area (Å²) in [6.45, 7) is 2.00. The number of benzene rings is 1. The molecule has 20 heavy (non-hydrogen) atoms. The molecule has 4 heteroatoms. The molecular weight excluding hydrogens is 262 g/mol. The van der Waals surface area contributed by atoms with E-state index in [0.29, 0.717) is 18.4 Å². The van der Waals surface area contributed by atoms with Crippen LogP contribution in [0.4, 0.5) is 8.78 Å². The van der Waals surface area contributed by atoms with Crippen molar-refractivity contribution in [3.05, 3.63) is 41.5 Å². The molecular formula is C16H20F2O2. The zero-order chi connectivity index (χ0) is 15.0. The minimum atomic E-state index is -0.799. The fraction of sp³-hybridized carbons (Fsp3) is 0.438. The van der Waals surface area contributed by atoms with E-state index in [2.05, 4.69) is 0 Å². The molecule has 0 aromatic heterocycles. The molecule has 0 saturated heterocycles. The van der Waals surface area contributed by atoms with Crippen LogP contribution in [0.2, 0.25) is 0 Å². The topological polar surface area (TPSA) is 37.3 Å². The number of aliphatic carboxylic acids is 1. The van der Waals surface area contributed by atoms with Crippen molar-refractivity contribution in [3.8, 4) is 0 Å². The summed E-state index contributed by atoms with van der Waals surface area (Å²) in [5, 5.41) is 8.55. The number of unbranched alkanes of at least 4 members (excludes halogenated alkanes) is 2. The van der Waals surface area contributed by atoms with Crippen molar-refractivity contribution in [1.82, 2.24) is 0 Å². The maximum absolute atomic E-state index is 13.7. The van der Waals surface area contributed by atoms with E-state index in [1.807, 2.05) is 13.0 Å². The average molecular weight is 282 g/mol. The summed E-state index contributed by atoms with van der Waals surface area (Å²) in [4.78, 5) is 10.4. The van der Waals surface area contributed by atoms with Crippen molar-refractivity contribution in [2.75, 3.05) is 0 Å². The van der Waals surface area contributed by atoms with Gasteiger partial charge in [0.1, 0.15) is 11.6 Å². The number of hydrogen-bond donors (Lipinski definition) is 1. The highest BCUT2D eigenvalue weighted by molar-refractivity contribution is 5.67. The van der Waals surface area contributed by atoms with Gasteiger partial charge < -0.3 is 5.11 Å². The van der Waals surface area contributed by atoms with E-state index in [1.165, 1.54) is 12.1 Å². The third-order valence-electron chi connectivity index (χ3n) is 3.03. The number of carboxylic acids is 1. The molecule has 1 aromatic carbocycles. The predicted octanol–water partition coefficient (Wildman–Crippen LogP) is 4.79. The van der Waals surface area contributed by atoms with Crippen LogP contribution in [0.15, 0.2) is 24.3 Å². The molecule has 0 bridgehead atoms. The third-order valence-corrected chi connectivity index (χ3v) is 3.03. The molecule has 0 heterocycles. The van der Waals surface area contributed by atoms with E-state index in [0.717, 1.165) is 30.9 Å². The second kappa shape index (κ2) is 8.46. The Hall–Kier alpha value is -1.71. The summed E-state index contributed by atoms with van der Waals surface area (Å²) in [5.74, 6) is -1.92. The minimum Gasteiger partial charge on any atom is -0.481 e. The zero-order valence-corrected chi connectivity index (χ0v) is 11.7. The quantitative estimate of drug-likeness (QED) is 0.696. The lowest BCUT2D eigenvalue weighted by Crippen LogP contribution is -1.94. The molecule has 1 aromatic rings. The monoisotopic (exact) mass is 282 g/mol. The highest BCUT2D eigenvalue weighted by Crippen LogP contribution is 2.24. The number of rotatable bonds is 8. The number of allylic oxidation sites excluding steroid dienone is 2. The first-order valence-corrected chi connectivity index (χ1v) is 6.90. The van der Waals surface area contributed by atoms with Crippen molar-refractivity contribution in [2.45, 2.75) is 45.4 Å². The summed E-state index contributed by atoms with van der Waals surface area (Å²) in [7, 11) is 0. The number of hydrogen-bond acceptors (Lipinski definition) is 1. The predicted molar refractivity (Wildman–Crippen MR) is 75.3 cm³/mol. The molecule has 0 saturated carbocycles. The van der Waals surface area contributed by atoms with Crippen LogP contribution in [-0.4, -0.2) is 11.1 Å². The normalized spacial score (nSPS) is 11.7. The van der Waals surface area contributed by atoms with Gasteiger partial charge in [0, 0.05) is 18.1 Å². The van der Waals surface area contributed by atoms with Crippen LogP contribution in [0.1, 0.15) is 51.0 Å². The molecule has 1 rings (SSSR count). The second-order valence-corrected chi connectivity index (χ2v) is 4.74. The Morgan fingerprint density at radius 3 is 2.60 bits per heavy atom. The van der Waals surface area contributed by atoms with Gasteiger partial charge in [0.15, 0.2) is 0 Å². The molecule has 0 amide bonds. The van der Waals surface area contributed by atoms with Gasteiger partial charge in [-0.3, -0.25) is 4.79 Å². The Labute approximate surface area is 118 Å². The van der Waals surface area contributed by atoms with Gasteiger partial charge in [0.25, 0.3) is 0 Å². The van der Waals surface area contributed by atoms with Gasteiger partial charge in [-0.1, -0.05) is 19.4 Å². The van der Waals surface area contributed by atoms with Gasteiger partial charge in [0.05, 0.1) is 0 Å². The molecule has 0 aliphatic heterocycles. The van der Waals surface area contributed by atoms with Crippen LogP contribution < -0.4 is 0 Å². The molecule has 0 aliphatic carbocycles. The van der Waals surface area contributed by atoms with E-state index < -0.39 is 17.6 Å². The summed E-state index contributed by atoms with van der Waals surface area (Å²) >= 11 is 0. The number of carboxylic acid groups (broad SMARTS) is 1. The van der Waals surface area contributed by atoms with Crippen LogP contribution in [0.3, 0.4) is 0 Å². The number of halogens is 2. The van der Waals surface area contributed by atoms with Crippen molar-refractivity contribution < 1.29 is 18.7 Å². The fourth-order valence-electron chi connectivity index (χ4n) is 2.06. The summed E-state index contributed by atoms with van der Waals surface area (Å²) in [6, 6.07) is 3.61. The fourth-order valence-corrected chi connectivity index (χ4v) is 2.06. The van der Waals surface area contributed by atoms with Gasteiger partial charge in [-0.15, -0.1) is 0 Å². The van der Waals surface area contributed by atoms with Gasteiger partial charge >= 0.3 is 5.97 Å². The van der Waals surface area contributed by atoms with E-state index in [1.54, 1.807) is 0 Å². The molecule has 0 atom stereocenters. The van der Waals surface area contributed by atoms with Crippen LogP contribution in [0.5, 0.6) is 0 Å². The Morgan fingerprint density at radius 1 is 1.25 bits per heavy atom. The lowest BCUT2D eigenvalue weighted by molar-refractivity contribution is -0.137. The highest BCUT2D eigenvalue weighted by Gasteiger charge is 2.08. The summed E-state index contributed by atoms with van der Waals surface area (Å²) in [6.07, 6.45) is 5.75. The maximum atomic E-state index is 13.7. The lowest BCUT2D eigenvalue weighted by Gasteiger charge is -2.08. The highest BCUT2D eigenvalue weighted by atomic mass is 19.1. The van der Waals surface area contributed by atoms with E-state index in [-0.39, 0.29) is 6.42 Å². The molecule has 0 aliphatic rings. The smallest absolute Gasteiger partial charge is 0.303 e. The zero-order valence-electron chi connectivity index (χ0n) is 11.7. The SMILES string of the molecule is CCC/C(=C/CCCCC(=O)O)c1ccc(F)cc1F. The Morgan fingerprint density at radius 2 is 2.00 bits per heavy atom. The van der Waals surface area contributed by atoms with Gasteiger partial charge in [-0.2, -0.15) is 0 Å². The van der Waals surface area contributed by atoms with Crippen LogP contribution in [0.25, 0.3) is 5.57 Å². The van der Waals surface area contributed by atoms with Gasteiger partial charge in [-0.25, -0.2) is 8.78 Å². The Balaban J connectivity index is 2.69. The Kier molecular flexibility index (Phi) is 6.91. The van der Waals surface area contributed by atoms with Crippen LogP contribution >= 0.6 is 0 Å². The lowest BCUT2D eigenvalue weighted by atomic mass is 9.98. The van der Waals surface area contributed by atoms with Crippen molar-refractivity contribution in [3.63, 3.8) is 0 Å². The minimum absolute atomic E-state index is 0.155.